The van der Waals surface area contributed by atoms with E-state index >= 15 is 0 Å². The van der Waals surface area contributed by atoms with Crippen LogP contribution in [0.25, 0.3) is 0 Å². The molecule has 1 saturated carbocycles. The second-order valence-corrected chi connectivity index (χ2v) is 6.34. The number of nitrogens with zero attached hydrogens (tertiary/aromatic N) is 2. The molecule has 1 unspecified atom stereocenters. The van der Waals surface area contributed by atoms with Gasteiger partial charge in [0.05, 0.1) is 0 Å². The van der Waals surface area contributed by atoms with Crippen molar-refractivity contribution in [3.05, 3.63) is 0 Å². The molecule has 1 fully saturated rings. The molecule has 1 rings (SSSR count). The van der Waals surface area contributed by atoms with Gasteiger partial charge in [0, 0.05) is 12.6 Å². The molecule has 3 nitrogen and oxygen atoms in total. The van der Waals surface area contributed by atoms with E-state index in [0.717, 1.165) is 19.0 Å². The van der Waals surface area contributed by atoms with Crippen molar-refractivity contribution in [3.8, 4) is 0 Å². The van der Waals surface area contributed by atoms with Crippen LogP contribution in [0, 0.1) is 5.92 Å². The van der Waals surface area contributed by atoms with Crippen LogP contribution in [-0.2, 0) is 0 Å². The van der Waals surface area contributed by atoms with Gasteiger partial charge in [-0.2, -0.15) is 0 Å². The summed E-state index contributed by atoms with van der Waals surface area (Å²) in [5.41, 5.74) is 6.11. The van der Waals surface area contributed by atoms with Gasteiger partial charge in [-0.15, -0.1) is 0 Å². The normalized spacial score (nSPS) is 19.9. The first-order valence-electron chi connectivity index (χ1n) is 8.27. The summed E-state index contributed by atoms with van der Waals surface area (Å²) < 4.78 is 0. The van der Waals surface area contributed by atoms with Gasteiger partial charge in [0.25, 0.3) is 0 Å². The molecule has 0 spiro atoms. The van der Waals surface area contributed by atoms with Gasteiger partial charge < -0.3 is 10.6 Å². The van der Waals surface area contributed by atoms with E-state index < -0.39 is 0 Å². The first kappa shape index (κ1) is 16.9. The highest BCUT2D eigenvalue weighted by Crippen LogP contribution is 2.27. The Balaban J connectivity index is 2.47. The average molecular weight is 269 g/mol. The number of hydrogen-bond acceptors (Lipinski definition) is 3. The van der Waals surface area contributed by atoms with Crippen LogP contribution in [0.4, 0.5) is 0 Å². The van der Waals surface area contributed by atoms with E-state index in [4.69, 9.17) is 5.73 Å². The number of hydrogen-bond donors (Lipinski definition) is 1. The van der Waals surface area contributed by atoms with Crippen molar-refractivity contribution in [2.45, 2.75) is 57.9 Å². The first-order chi connectivity index (χ1) is 9.19. The summed E-state index contributed by atoms with van der Waals surface area (Å²) >= 11 is 0. The maximum atomic E-state index is 6.11. The molecular weight excluding hydrogens is 234 g/mol. The van der Waals surface area contributed by atoms with Gasteiger partial charge in [-0.1, -0.05) is 32.6 Å². The lowest BCUT2D eigenvalue weighted by Gasteiger charge is -2.36. The van der Waals surface area contributed by atoms with Crippen LogP contribution in [0.1, 0.15) is 51.9 Å². The molecule has 0 radical (unpaired) electrons. The van der Waals surface area contributed by atoms with Gasteiger partial charge in [0.15, 0.2) is 0 Å². The van der Waals surface area contributed by atoms with Gasteiger partial charge in [-0.25, -0.2) is 0 Å². The monoisotopic (exact) mass is 269 g/mol. The fourth-order valence-electron chi connectivity index (χ4n) is 3.48. The van der Waals surface area contributed by atoms with Gasteiger partial charge in [0.1, 0.15) is 0 Å². The summed E-state index contributed by atoms with van der Waals surface area (Å²) in [5.74, 6) is 0.840. The van der Waals surface area contributed by atoms with E-state index in [1.807, 2.05) is 0 Å². The molecule has 0 aliphatic heterocycles. The Morgan fingerprint density at radius 2 is 1.68 bits per heavy atom. The topological polar surface area (TPSA) is 32.5 Å². The third-order valence-corrected chi connectivity index (χ3v) is 4.61. The Morgan fingerprint density at radius 1 is 1.05 bits per heavy atom. The molecule has 0 aromatic rings. The van der Waals surface area contributed by atoms with Gasteiger partial charge in [-0.3, -0.25) is 4.90 Å². The highest BCUT2D eigenvalue weighted by molar-refractivity contribution is 4.81. The van der Waals surface area contributed by atoms with Crippen LogP contribution in [-0.4, -0.2) is 56.1 Å². The van der Waals surface area contributed by atoms with Crippen LogP contribution < -0.4 is 5.73 Å². The number of likely N-dealkylation sites (N-methyl/N-ethyl adjacent to an activating group) is 1. The standard InChI is InChI=1S/C16H35N3/c1-4-19(13-9-12-18(2)3)16(14-17)15-10-7-5-6-8-11-15/h15-16H,4-14,17H2,1-3H3. The summed E-state index contributed by atoms with van der Waals surface area (Å²) in [7, 11) is 4.31. The predicted molar refractivity (Wildman–Crippen MR) is 84.5 cm³/mol. The molecule has 0 amide bonds. The van der Waals surface area contributed by atoms with Crippen molar-refractivity contribution in [2.75, 3.05) is 40.3 Å². The molecule has 1 aliphatic carbocycles. The van der Waals surface area contributed by atoms with E-state index in [0.29, 0.717) is 6.04 Å². The van der Waals surface area contributed by atoms with Gasteiger partial charge >= 0.3 is 0 Å². The zero-order valence-electron chi connectivity index (χ0n) is 13.4. The lowest BCUT2D eigenvalue weighted by molar-refractivity contribution is 0.137. The SMILES string of the molecule is CCN(CCCN(C)C)C(CN)C1CCCCCC1. The summed E-state index contributed by atoms with van der Waals surface area (Å²) in [6, 6.07) is 0.616. The van der Waals surface area contributed by atoms with E-state index in [-0.39, 0.29) is 0 Å². The lowest BCUT2D eigenvalue weighted by Crippen LogP contribution is -2.46. The van der Waals surface area contributed by atoms with Crippen LogP contribution >= 0.6 is 0 Å². The minimum absolute atomic E-state index is 0.616. The lowest BCUT2D eigenvalue weighted by atomic mass is 9.90. The van der Waals surface area contributed by atoms with Gasteiger partial charge in [0.2, 0.25) is 0 Å². The van der Waals surface area contributed by atoms with E-state index in [9.17, 15) is 0 Å². The van der Waals surface area contributed by atoms with Crippen molar-refractivity contribution >= 4 is 0 Å². The Morgan fingerprint density at radius 3 is 2.16 bits per heavy atom. The average Bonchev–Trinajstić information content (AvgIpc) is 2.66. The fraction of sp³-hybridized carbons (Fsp3) is 1.00. The van der Waals surface area contributed by atoms with E-state index in [1.54, 1.807) is 0 Å². The van der Waals surface area contributed by atoms with E-state index in [1.165, 1.54) is 58.0 Å². The van der Waals surface area contributed by atoms with Crippen LogP contribution in [0.2, 0.25) is 0 Å². The van der Waals surface area contributed by atoms with Crippen molar-refractivity contribution in [1.29, 1.82) is 0 Å². The maximum absolute atomic E-state index is 6.11. The zero-order valence-corrected chi connectivity index (χ0v) is 13.4. The maximum Gasteiger partial charge on any atom is 0.0246 e. The van der Waals surface area contributed by atoms with Gasteiger partial charge in [-0.05, 0) is 58.9 Å². The quantitative estimate of drug-likeness (QED) is 0.687. The third-order valence-electron chi connectivity index (χ3n) is 4.61. The highest BCUT2D eigenvalue weighted by atomic mass is 15.2. The van der Waals surface area contributed by atoms with Crippen LogP contribution in [0.5, 0.6) is 0 Å². The highest BCUT2D eigenvalue weighted by Gasteiger charge is 2.25. The summed E-state index contributed by atoms with van der Waals surface area (Å²) in [5, 5.41) is 0. The Kier molecular flexibility index (Phi) is 8.67. The largest absolute Gasteiger partial charge is 0.329 e. The van der Waals surface area contributed by atoms with Crippen LogP contribution in [0.15, 0.2) is 0 Å². The molecule has 2 N–H and O–H groups in total. The molecule has 19 heavy (non-hydrogen) atoms. The summed E-state index contributed by atoms with van der Waals surface area (Å²) in [6.45, 7) is 6.65. The zero-order chi connectivity index (χ0) is 14.1. The summed E-state index contributed by atoms with van der Waals surface area (Å²) in [6.07, 6.45) is 9.73. The second-order valence-electron chi connectivity index (χ2n) is 6.34. The Bertz CT molecular complexity index is 210. The summed E-state index contributed by atoms with van der Waals surface area (Å²) in [4.78, 5) is 4.91. The smallest absolute Gasteiger partial charge is 0.0246 e. The van der Waals surface area contributed by atoms with Crippen molar-refractivity contribution in [1.82, 2.24) is 9.80 Å². The minimum Gasteiger partial charge on any atom is -0.329 e. The molecule has 1 atom stereocenters. The molecule has 0 aromatic heterocycles. The fourth-order valence-corrected chi connectivity index (χ4v) is 3.48. The molecule has 3 heteroatoms. The molecule has 0 bridgehead atoms. The molecule has 0 heterocycles. The number of nitrogens with two attached hydrogens (primary N) is 1. The Labute approximate surface area is 120 Å². The molecule has 0 aromatic carbocycles. The molecule has 114 valence electrons. The first-order valence-corrected chi connectivity index (χ1v) is 8.27. The van der Waals surface area contributed by atoms with E-state index in [2.05, 4.69) is 30.8 Å². The minimum atomic E-state index is 0.616. The molecule has 1 aliphatic rings. The predicted octanol–water partition coefficient (Wildman–Crippen LogP) is 2.56. The third kappa shape index (κ3) is 6.24. The van der Waals surface area contributed by atoms with Crippen molar-refractivity contribution < 1.29 is 0 Å². The van der Waals surface area contributed by atoms with Crippen LogP contribution in [0.3, 0.4) is 0 Å². The number of rotatable bonds is 8. The Hall–Kier alpha value is -0.120. The molecule has 0 saturated heterocycles. The van der Waals surface area contributed by atoms with Crippen molar-refractivity contribution in [2.24, 2.45) is 11.7 Å². The van der Waals surface area contributed by atoms with Crippen molar-refractivity contribution in [3.63, 3.8) is 0 Å². The second kappa shape index (κ2) is 9.73. The molecular formula is C16H35N3.